The Kier molecular flexibility index (Phi) is 3.94. The Morgan fingerprint density at radius 1 is 1.43 bits per heavy atom. The van der Waals surface area contributed by atoms with Crippen LogP contribution >= 0.6 is 11.3 Å². The lowest BCUT2D eigenvalue weighted by molar-refractivity contribution is 0.199. The molecule has 0 saturated heterocycles. The molecule has 2 amide bonds. The SMILES string of the molecule is CC(O)c1cccc(NC(=O)N2CCc3sccc3C2)c1. The number of thiophene rings is 1. The predicted octanol–water partition coefficient (Wildman–Crippen LogP) is 3.39. The summed E-state index contributed by atoms with van der Waals surface area (Å²) in [6.45, 7) is 3.12. The molecule has 0 fully saturated rings. The van der Waals surface area contributed by atoms with Crippen molar-refractivity contribution in [1.29, 1.82) is 0 Å². The first kappa shape index (κ1) is 14.1. The second kappa shape index (κ2) is 5.87. The van der Waals surface area contributed by atoms with Crippen LogP contribution in [0.15, 0.2) is 35.7 Å². The molecular formula is C16H18N2O2S. The third-order valence-electron chi connectivity index (χ3n) is 3.72. The Labute approximate surface area is 128 Å². The average Bonchev–Trinajstić information content (AvgIpc) is 2.94. The van der Waals surface area contributed by atoms with Crippen molar-refractivity contribution in [1.82, 2.24) is 4.90 Å². The average molecular weight is 302 g/mol. The topological polar surface area (TPSA) is 52.6 Å². The summed E-state index contributed by atoms with van der Waals surface area (Å²) >= 11 is 1.76. The highest BCUT2D eigenvalue weighted by Gasteiger charge is 2.21. The molecule has 1 aromatic carbocycles. The van der Waals surface area contributed by atoms with E-state index in [9.17, 15) is 9.90 Å². The number of rotatable bonds is 2. The smallest absolute Gasteiger partial charge is 0.322 e. The van der Waals surface area contributed by atoms with Gasteiger partial charge in [-0.25, -0.2) is 4.79 Å². The van der Waals surface area contributed by atoms with Crippen molar-refractivity contribution in [2.45, 2.75) is 26.0 Å². The number of hydrogen-bond donors (Lipinski definition) is 2. The highest BCUT2D eigenvalue weighted by atomic mass is 32.1. The van der Waals surface area contributed by atoms with Gasteiger partial charge in [-0.3, -0.25) is 0 Å². The fourth-order valence-electron chi connectivity index (χ4n) is 2.50. The lowest BCUT2D eigenvalue weighted by Crippen LogP contribution is -2.38. The quantitative estimate of drug-likeness (QED) is 0.893. The van der Waals surface area contributed by atoms with Crippen molar-refractivity contribution in [3.63, 3.8) is 0 Å². The molecule has 5 heteroatoms. The number of aliphatic hydroxyl groups excluding tert-OH is 1. The minimum atomic E-state index is -0.537. The maximum atomic E-state index is 12.3. The Balaban J connectivity index is 1.68. The van der Waals surface area contributed by atoms with Gasteiger partial charge in [0.1, 0.15) is 0 Å². The third kappa shape index (κ3) is 3.09. The lowest BCUT2D eigenvalue weighted by atomic mass is 10.1. The van der Waals surface area contributed by atoms with Crippen LogP contribution in [-0.4, -0.2) is 22.6 Å². The molecule has 21 heavy (non-hydrogen) atoms. The number of aliphatic hydroxyl groups is 1. The summed E-state index contributed by atoms with van der Waals surface area (Å²) in [7, 11) is 0. The maximum absolute atomic E-state index is 12.3. The molecular weight excluding hydrogens is 284 g/mol. The fourth-order valence-corrected chi connectivity index (χ4v) is 3.39. The highest BCUT2D eigenvalue weighted by molar-refractivity contribution is 7.10. The molecule has 1 aliphatic rings. The summed E-state index contributed by atoms with van der Waals surface area (Å²) in [5, 5.41) is 14.6. The lowest BCUT2D eigenvalue weighted by Gasteiger charge is -2.27. The molecule has 0 bridgehead atoms. The van der Waals surface area contributed by atoms with E-state index >= 15 is 0 Å². The number of nitrogens with one attached hydrogen (secondary N) is 1. The number of benzene rings is 1. The Morgan fingerprint density at radius 3 is 3.10 bits per heavy atom. The number of nitrogens with zero attached hydrogens (tertiary/aromatic N) is 1. The molecule has 1 aliphatic heterocycles. The number of fused-ring (bicyclic) bond motifs is 1. The number of amides is 2. The van der Waals surface area contributed by atoms with Crippen LogP contribution in [0.2, 0.25) is 0 Å². The van der Waals surface area contributed by atoms with Crippen molar-refractivity contribution >= 4 is 23.1 Å². The van der Waals surface area contributed by atoms with E-state index in [4.69, 9.17) is 0 Å². The van der Waals surface area contributed by atoms with Crippen molar-refractivity contribution < 1.29 is 9.90 Å². The zero-order chi connectivity index (χ0) is 14.8. The van der Waals surface area contributed by atoms with Crippen LogP contribution in [0.3, 0.4) is 0 Å². The number of carbonyl (C=O) groups excluding carboxylic acids is 1. The second-order valence-corrected chi connectivity index (χ2v) is 6.27. The molecule has 0 spiro atoms. The van der Waals surface area contributed by atoms with Gasteiger partial charge >= 0.3 is 6.03 Å². The van der Waals surface area contributed by atoms with Crippen molar-refractivity contribution in [3.05, 3.63) is 51.7 Å². The first-order valence-electron chi connectivity index (χ1n) is 7.02. The molecule has 0 saturated carbocycles. The van der Waals surface area contributed by atoms with E-state index < -0.39 is 6.10 Å². The summed E-state index contributed by atoms with van der Waals surface area (Å²) in [5.41, 5.74) is 2.76. The van der Waals surface area contributed by atoms with Gasteiger partial charge in [0, 0.05) is 23.7 Å². The summed E-state index contributed by atoms with van der Waals surface area (Å²) in [6.07, 6.45) is 0.388. The van der Waals surface area contributed by atoms with Gasteiger partial charge in [0.15, 0.2) is 0 Å². The minimum Gasteiger partial charge on any atom is -0.389 e. The van der Waals surface area contributed by atoms with E-state index in [1.54, 1.807) is 18.3 Å². The van der Waals surface area contributed by atoms with Gasteiger partial charge in [-0.1, -0.05) is 12.1 Å². The van der Waals surface area contributed by atoms with Crippen LogP contribution in [-0.2, 0) is 13.0 Å². The largest absolute Gasteiger partial charge is 0.389 e. The summed E-state index contributed by atoms with van der Waals surface area (Å²) in [5.74, 6) is 0. The number of carbonyl (C=O) groups is 1. The summed E-state index contributed by atoms with van der Waals surface area (Å²) in [4.78, 5) is 15.5. The second-order valence-electron chi connectivity index (χ2n) is 5.27. The number of hydrogen-bond acceptors (Lipinski definition) is 3. The summed E-state index contributed by atoms with van der Waals surface area (Å²) in [6, 6.07) is 9.33. The molecule has 1 atom stereocenters. The predicted molar refractivity (Wildman–Crippen MR) is 84.5 cm³/mol. The standard InChI is InChI=1S/C16H18N2O2S/c1-11(19)12-3-2-4-14(9-12)17-16(20)18-7-5-15-13(10-18)6-8-21-15/h2-4,6,8-9,11,19H,5,7,10H2,1H3,(H,17,20). The van der Waals surface area contributed by atoms with Gasteiger partial charge in [-0.2, -0.15) is 0 Å². The molecule has 2 heterocycles. The number of urea groups is 1. The van der Waals surface area contributed by atoms with Crippen molar-refractivity contribution in [2.24, 2.45) is 0 Å². The van der Waals surface area contributed by atoms with Crippen LogP contribution in [0.1, 0.15) is 29.0 Å². The van der Waals surface area contributed by atoms with E-state index in [-0.39, 0.29) is 6.03 Å². The minimum absolute atomic E-state index is 0.0883. The molecule has 0 aliphatic carbocycles. The molecule has 0 radical (unpaired) electrons. The Bertz CT molecular complexity index is 651. The van der Waals surface area contributed by atoms with Gasteiger partial charge in [-0.05, 0) is 48.1 Å². The van der Waals surface area contributed by atoms with Gasteiger partial charge in [-0.15, -0.1) is 11.3 Å². The van der Waals surface area contributed by atoms with Crippen LogP contribution in [0.5, 0.6) is 0 Å². The molecule has 3 rings (SSSR count). The monoisotopic (exact) mass is 302 g/mol. The molecule has 4 nitrogen and oxygen atoms in total. The molecule has 2 aromatic rings. The van der Waals surface area contributed by atoms with E-state index in [1.807, 2.05) is 29.2 Å². The third-order valence-corrected chi connectivity index (χ3v) is 4.74. The van der Waals surface area contributed by atoms with Crippen molar-refractivity contribution in [3.8, 4) is 0 Å². The first-order chi connectivity index (χ1) is 10.1. The van der Waals surface area contributed by atoms with Gasteiger partial charge < -0.3 is 15.3 Å². The van der Waals surface area contributed by atoms with E-state index in [2.05, 4.69) is 16.8 Å². The van der Waals surface area contributed by atoms with Crippen LogP contribution in [0.4, 0.5) is 10.5 Å². The van der Waals surface area contributed by atoms with Gasteiger partial charge in [0.25, 0.3) is 0 Å². The summed E-state index contributed by atoms with van der Waals surface area (Å²) < 4.78 is 0. The Hall–Kier alpha value is -1.85. The van der Waals surface area contributed by atoms with Crippen LogP contribution < -0.4 is 5.32 Å². The maximum Gasteiger partial charge on any atom is 0.322 e. The highest BCUT2D eigenvalue weighted by Crippen LogP contribution is 2.24. The molecule has 1 unspecified atom stereocenters. The van der Waals surface area contributed by atoms with Gasteiger partial charge in [0.05, 0.1) is 6.10 Å². The Morgan fingerprint density at radius 2 is 2.29 bits per heavy atom. The molecule has 110 valence electrons. The van der Waals surface area contributed by atoms with Gasteiger partial charge in [0.2, 0.25) is 0 Å². The van der Waals surface area contributed by atoms with E-state index in [1.165, 1.54) is 10.4 Å². The molecule has 1 aromatic heterocycles. The first-order valence-corrected chi connectivity index (χ1v) is 7.90. The van der Waals surface area contributed by atoms with Crippen LogP contribution in [0.25, 0.3) is 0 Å². The van der Waals surface area contributed by atoms with E-state index in [0.29, 0.717) is 6.54 Å². The zero-order valence-electron chi connectivity index (χ0n) is 11.9. The molecule has 2 N–H and O–H groups in total. The van der Waals surface area contributed by atoms with Crippen molar-refractivity contribution in [2.75, 3.05) is 11.9 Å². The fraction of sp³-hybridized carbons (Fsp3) is 0.312. The zero-order valence-corrected chi connectivity index (χ0v) is 12.7. The van der Waals surface area contributed by atoms with E-state index in [0.717, 1.165) is 24.2 Å². The number of anilines is 1. The van der Waals surface area contributed by atoms with Crippen LogP contribution in [0, 0.1) is 0 Å². The normalized spacial score (nSPS) is 15.4.